The monoisotopic (exact) mass is 264 g/mol. The van der Waals surface area contributed by atoms with E-state index in [9.17, 15) is 9.18 Å². The molecule has 0 spiro atoms. The van der Waals surface area contributed by atoms with Crippen LogP contribution in [0.4, 0.5) is 4.39 Å². The summed E-state index contributed by atoms with van der Waals surface area (Å²) in [7, 11) is 0. The maximum absolute atomic E-state index is 12.9. The third kappa shape index (κ3) is 4.31. The van der Waals surface area contributed by atoms with E-state index in [1.165, 1.54) is 25.0 Å². The summed E-state index contributed by atoms with van der Waals surface area (Å²) in [6.45, 7) is 3.06. The molecule has 0 bridgehead atoms. The normalized spacial score (nSPS) is 16.1. The Hall–Kier alpha value is -1.42. The van der Waals surface area contributed by atoms with Crippen LogP contribution in [0.25, 0.3) is 0 Å². The summed E-state index contributed by atoms with van der Waals surface area (Å²) in [5, 5.41) is 6.14. The molecule has 2 N–H and O–H groups in total. The first-order chi connectivity index (χ1) is 9.20. The molecule has 0 heterocycles. The number of benzene rings is 1. The molecule has 1 amide bonds. The van der Waals surface area contributed by atoms with Gasteiger partial charge < -0.3 is 10.6 Å². The standard InChI is InChI=1S/C15H21FN2O/c1-2-9-17-14(19)10-18-15(11-3-4-11)12-5-7-13(16)8-6-12/h5-8,11,15,18H,2-4,9-10H2,1H3,(H,17,19). The summed E-state index contributed by atoms with van der Waals surface area (Å²) in [5.41, 5.74) is 1.06. The van der Waals surface area contributed by atoms with Gasteiger partial charge in [-0.05, 0) is 42.9 Å². The first-order valence-electron chi connectivity index (χ1n) is 6.96. The minimum atomic E-state index is -0.223. The third-order valence-electron chi connectivity index (χ3n) is 3.38. The molecule has 1 aromatic rings. The highest BCUT2D eigenvalue weighted by Gasteiger charge is 2.32. The number of hydrogen-bond acceptors (Lipinski definition) is 2. The zero-order valence-electron chi connectivity index (χ0n) is 11.3. The van der Waals surface area contributed by atoms with Gasteiger partial charge >= 0.3 is 0 Å². The van der Waals surface area contributed by atoms with E-state index in [4.69, 9.17) is 0 Å². The van der Waals surface area contributed by atoms with Gasteiger partial charge in [0.2, 0.25) is 5.91 Å². The molecule has 0 radical (unpaired) electrons. The van der Waals surface area contributed by atoms with Crippen LogP contribution in [0.2, 0.25) is 0 Å². The molecule has 3 nitrogen and oxygen atoms in total. The fourth-order valence-corrected chi connectivity index (χ4v) is 2.19. The zero-order chi connectivity index (χ0) is 13.7. The predicted molar refractivity (Wildman–Crippen MR) is 73.2 cm³/mol. The average molecular weight is 264 g/mol. The topological polar surface area (TPSA) is 41.1 Å². The lowest BCUT2D eigenvalue weighted by Crippen LogP contribution is -2.36. The van der Waals surface area contributed by atoms with Crippen molar-refractivity contribution in [2.24, 2.45) is 5.92 Å². The SMILES string of the molecule is CCCNC(=O)CNC(c1ccc(F)cc1)C1CC1. The maximum atomic E-state index is 12.9. The lowest BCUT2D eigenvalue weighted by atomic mass is 10.0. The molecular weight excluding hydrogens is 243 g/mol. The van der Waals surface area contributed by atoms with Gasteiger partial charge in [-0.15, -0.1) is 0 Å². The molecule has 4 heteroatoms. The zero-order valence-corrected chi connectivity index (χ0v) is 11.3. The maximum Gasteiger partial charge on any atom is 0.233 e. The first-order valence-corrected chi connectivity index (χ1v) is 6.96. The highest BCUT2D eigenvalue weighted by Crippen LogP contribution is 2.40. The van der Waals surface area contributed by atoms with Crippen LogP contribution >= 0.6 is 0 Å². The summed E-state index contributed by atoms with van der Waals surface area (Å²) in [5.74, 6) is 0.373. The number of halogens is 1. The van der Waals surface area contributed by atoms with Crippen molar-refractivity contribution in [3.8, 4) is 0 Å². The quantitative estimate of drug-likeness (QED) is 0.794. The molecule has 0 aliphatic heterocycles. The van der Waals surface area contributed by atoms with Crippen LogP contribution < -0.4 is 10.6 Å². The van der Waals surface area contributed by atoms with E-state index in [-0.39, 0.29) is 17.8 Å². The minimum absolute atomic E-state index is 0.0228. The van der Waals surface area contributed by atoms with Crippen molar-refractivity contribution in [1.82, 2.24) is 10.6 Å². The van der Waals surface area contributed by atoms with E-state index < -0.39 is 0 Å². The molecule has 1 atom stereocenters. The number of carbonyl (C=O) groups excluding carboxylic acids is 1. The van der Waals surface area contributed by atoms with Crippen molar-refractivity contribution in [3.05, 3.63) is 35.6 Å². The Morgan fingerprint density at radius 1 is 1.37 bits per heavy atom. The van der Waals surface area contributed by atoms with Gasteiger partial charge in [-0.1, -0.05) is 19.1 Å². The van der Waals surface area contributed by atoms with Gasteiger partial charge in [-0.3, -0.25) is 4.79 Å². The smallest absolute Gasteiger partial charge is 0.233 e. The Morgan fingerprint density at radius 2 is 2.05 bits per heavy atom. The highest BCUT2D eigenvalue weighted by atomic mass is 19.1. The lowest BCUT2D eigenvalue weighted by Gasteiger charge is -2.18. The Balaban J connectivity index is 1.90. The van der Waals surface area contributed by atoms with E-state index in [0.29, 0.717) is 19.0 Å². The molecule has 1 aliphatic rings. The van der Waals surface area contributed by atoms with E-state index in [2.05, 4.69) is 10.6 Å². The molecule has 2 rings (SSSR count). The van der Waals surface area contributed by atoms with Crippen LogP contribution in [-0.4, -0.2) is 19.0 Å². The van der Waals surface area contributed by atoms with Gasteiger partial charge in [0.1, 0.15) is 5.82 Å². The fraction of sp³-hybridized carbons (Fsp3) is 0.533. The molecule has 1 aromatic carbocycles. The van der Waals surface area contributed by atoms with Crippen LogP contribution in [0.5, 0.6) is 0 Å². The average Bonchev–Trinajstić information content (AvgIpc) is 3.23. The number of rotatable bonds is 7. The van der Waals surface area contributed by atoms with E-state index in [0.717, 1.165) is 12.0 Å². The third-order valence-corrected chi connectivity index (χ3v) is 3.38. The van der Waals surface area contributed by atoms with Gasteiger partial charge in [-0.2, -0.15) is 0 Å². The molecule has 1 unspecified atom stereocenters. The van der Waals surface area contributed by atoms with Crippen molar-refractivity contribution in [2.45, 2.75) is 32.2 Å². The molecule has 1 aliphatic carbocycles. The summed E-state index contributed by atoms with van der Waals surface area (Å²) in [6.07, 6.45) is 3.28. The van der Waals surface area contributed by atoms with Crippen molar-refractivity contribution >= 4 is 5.91 Å². The van der Waals surface area contributed by atoms with Crippen molar-refractivity contribution in [1.29, 1.82) is 0 Å². The number of nitrogens with one attached hydrogen (secondary N) is 2. The molecule has 1 saturated carbocycles. The van der Waals surface area contributed by atoms with Gasteiger partial charge in [-0.25, -0.2) is 4.39 Å². The van der Waals surface area contributed by atoms with Crippen molar-refractivity contribution < 1.29 is 9.18 Å². The van der Waals surface area contributed by atoms with Crippen molar-refractivity contribution in [3.63, 3.8) is 0 Å². The van der Waals surface area contributed by atoms with E-state index in [1.807, 2.05) is 6.92 Å². The Kier molecular flexibility index (Phi) is 4.91. The Bertz CT molecular complexity index is 415. The Morgan fingerprint density at radius 3 is 2.63 bits per heavy atom. The van der Waals surface area contributed by atoms with Gasteiger partial charge in [0.25, 0.3) is 0 Å². The van der Waals surface area contributed by atoms with E-state index in [1.54, 1.807) is 12.1 Å². The first kappa shape index (κ1) is 14.0. The summed E-state index contributed by atoms with van der Waals surface area (Å²) >= 11 is 0. The van der Waals surface area contributed by atoms with Crippen molar-refractivity contribution in [2.75, 3.05) is 13.1 Å². The fourth-order valence-electron chi connectivity index (χ4n) is 2.19. The second kappa shape index (κ2) is 6.66. The van der Waals surface area contributed by atoms with Crippen LogP contribution in [0.1, 0.15) is 37.8 Å². The highest BCUT2D eigenvalue weighted by molar-refractivity contribution is 5.78. The summed E-state index contributed by atoms with van der Waals surface area (Å²) in [4.78, 5) is 11.6. The molecule has 19 heavy (non-hydrogen) atoms. The number of amides is 1. The van der Waals surface area contributed by atoms with Crippen LogP contribution in [0.3, 0.4) is 0 Å². The van der Waals surface area contributed by atoms with Crippen LogP contribution in [0.15, 0.2) is 24.3 Å². The summed E-state index contributed by atoms with van der Waals surface area (Å²) < 4.78 is 12.9. The van der Waals surface area contributed by atoms with Gasteiger partial charge in [0.05, 0.1) is 6.54 Å². The molecule has 104 valence electrons. The minimum Gasteiger partial charge on any atom is -0.355 e. The lowest BCUT2D eigenvalue weighted by molar-refractivity contribution is -0.120. The molecule has 0 aromatic heterocycles. The van der Waals surface area contributed by atoms with Crippen LogP contribution in [-0.2, 0) is 4.79 Å². The van der Waals surface area contributed by atoms with Crippen LogP contribution in [0, 0.1) is 11.7 Å². The predicted octanol–water partition coefficient (Wildman–Crippen LogP) is 2.39. The van der Waals surface area contributed by atoms with E-state index >= 15 is 0 Å². The molecule has 1 fully saturated rings. The second-order valence-corrected chi connectivity index (χ2v) is 5.10. The Labute approximate surface area is 113 Å². The number of hydrogen-bond donors (Lipinski definition) is 2. The van der Waals surface area contributed by atoms with Gasteiger partial charge in [0, 0.05) is 12.6 Å². The molecule has 0 saturated heterocycles. The van der Waals surface area contributed by atoms with Gasteiger partial charge in [0.15, 0.2) is 0 Å². The largest absolute Gasteiger partial charge is 0.355 e. The number of carbonyl (C=O) groups is 1. The summed E-state index contributed by atoms with van der Waals surface area (Å²) in [6, 6.07) is 6.71. The second-order valence-electron chi connectivity index (χ2n) is 5.10. The molecular formula is C15H21FN2O.